The highest BCUT2D eigenvalue weighted by Gasteiger charge is 2.31. The molecule has 2 N–H and O–H groups in total. The maximum absolute atomic E-state index is 12.6. The standard InChI is InChI=1S/C12H13ClF5NO2/c13-4-8(20)5-19-9-3-7(12(16,17)18)1-2-10(9)21-6-11(14)15/h1-3,8,11,19-20H,4-6H2. The summed E-state index contributed by atoms with van der Waals surface area (Å²) < 4.78 is 66.8. The summed E-state index contributed by atoms with van der Waals surface area (Å²) in [5, 5.41) is 11.8. The number of alkyl halides is 6. The van der Waals surface area contributed by atoms with Crippen molar-refractivity contribution in [2.75, 3.05) is 24.3 Å². The first-order valence-corrected chi connectivity index (χ1v) is 6.37. The van der Waals surface area contributed by atoms with Crippen LogP contribution in [0, 0.1) is 0 Å². The van der Waals surface area contributed by atoms with Gasteiger partial charge in [0.15, 0.2) is 0 Å². The zero-order valence-electron chi connectivity index (χ0n) is 10.6. The first-order valence-electron chi connectivity index (χ1n) is 5.84. The third-order valence-corrected chi connectivity index (χ3v) is 2.73. The van der Waals surface area contributed by atoms with Gasteiger partial charge in [-0.1, -0.05) is 0 Å². The Morgan fingerprint density at radius 2 is 1.95 bits per heavy atom. The minimum Gasteiger partial charge on any atom is -0.485 e. The molecule has 1 atom stereocenters. The predicted octanol–water partition coefficient (Wildman–Crippen LogP) is 3.36. The third-order valence-electron chi connectivity index (χ3n) is 2.38. The fraction of sp³-hybridized carbons (Fsp3) is 0.500. The number of anilines is 1. The topological polar surface area (TPSA) is 41.5 Å². The average Bonchev–Trinajstić information content (AvgIpc) is 2.41. The smallest absolute Gasteiger partial charge is 0.416 e. The van der Waals surface area contributed by atoms with E-state index in [1.165, 1.54) is 0 Å². The van der Waals surface area contributed by atoms with Crippen molar-refractivity contribution < 1.29 is 31.8 Å². The van der Waals surface area contributed by atoms with Gasteiger partial charge in [0.1, 0.15) is 12.4 Å². The Balaban J connectivity index is 2.94. The molecule has 0 aliphatic heterocycles. The number of ether oxygens (including phenoxy) is 1. The van der Waals surface area contributed by atoms with Gasteiger partial charge in [0.05, 0.1) is 23.2 Å². The number of hydrogen-bond acceptors (Lipinski definition) is 3. The Bertz CT molecular complexity index is 456. The van der Waals surface area contributed by atoms with Crippen LogP contribution in [0.4, 0.5) is 27.6 Å². The number of nitrogens with one attached hydrogen (secondary N) is 1. The van der Waals surface area contributed by atoms with Crippen LogP contribution in [0.3, 0.4) is 0 Å². The van der Waals surface area contributed by atoms with Crippen LogP contribution in [-0.4, -0.2) is 36.7 Å². The summed E-state index contributed by atoms with van der Waals surface area (Å²) in [6, 6.07) is 2.40. The second-order valence-corrected chi connectivity index (χ2v) is 4.41. The van der Waals surface area contributed by atoms with Crippen LogP contribution in [0.15, 0.2) is 18.2 Å². The molecule has 1 unspecified atom stereocenters. The van der Waals surface area contributed by atoms with Gasteiger partial charge in [0.2, 0.25) is 0 Å². The molecule has 0 fully saturated rings. The van der Waals surface area contributed by atoms with Gasteiger partial charge in [-0.25, -0.2) is 8.78 Å². The number of halogens is 6. The number of aliphatic hydroxyl groups is 1. The van der Waals surface area contributed by atoms with Gasteiger partial charge in [-0.05, 0) is 18.2 Å². The Labute approximate surface area is 122 Å². The fourth-order valence-electron chi connectivity index (χ4n) is 1.41. The zero-order valence-corrected chi connectivity index (χ0v) is 11.4. The van der Waals surface area contributed by atoms with Crippen molar-refractivity contribution in [1.82, 2.24) is 0 Å². The van der Waals surface area contributed by atoms with Crippen LogP contribution in [0.2, 0.25) is 0 Å². The van der Waals surface area contributed by atoms with Crippen LogP contribution in [0.1, 0.15) is 5.56 Å². The maximum atomic E-state index is 12.6. The summed E-state index contributed by atoms with van der Waals surface area (Å²) in [5.74, 6) is -0.288. The van der Waals surface area contributed by atoms with Gasteiger partial charge < -0.3 is 15.2 Å². The SMILES string of the molecule is OC(CCl)CNc1cc(C(F)(F)F)ccc1OCC(F)F. The minimum absolute atomic E-state index is 0.126. The molecule has 0 heterocycles. The molecule has 1 aromatic carbocycles. The van der Waals surface area contributed by atoms with Crippen LogP contribution < -0.4 is 10.1 Å². The first kappa shape index (κ1) is 17.8. The molecule has 1 aromatic rings. The van der Waals surface area contributed by atoms with Crippen molar-refractivity contribution in [2.45, 2.75) is 18.7 Å². The van der Waals surface area contributed by atoms with Crippen LogP contribution in [0.5, 0.6) is 5.75 Å². The van der Waals surface area contributed by atoms with E-state index < -0.39 is 30.9 Å². The molecular weight excluding hydrogens is 321 g/mol. The molecule has 1 rings (SSSR count). The summed E-state index contributed by atoms with van der Waals surface area (Å²) in [6.45, 7) is -1.09. The summed E-state index contributed by atoms with van der Waals surface area (Å²) in [4.78, 5) is 0. The highest BCUT2D eigenvalue weighted by atomic mass is 35.5. The van der Waals surface area contributed by atoms with E-state index in [1.54, 1.807) is 0 Å². The summed E-state index contributed by atoms with van der Waals surface area (Å²) in [7, 11) is 0. The third kappa shape index (κ3) is 5.92. The van der Waals surface area contributed by atoms with Crippen molar-refractivity contribution >= 4 is 17.3 Å². The molecule has 3 nitrogen and oxygen atoms in total. The second-order valence-electron chi connectivity index (χ2n) is 4.10. The van der Waals surface area contributed by atoms with Crippen molar-refractivity contribution in [3.63, 3.8) is 0 Å². The molecule has 0 saturated carbocycles. The van der Waals surface area contributed by atoms with Crippen molar-refractivity contribution in [1.29, 1.82) is 0 Å². The molecule has 9 heteroatoms. The normalized spacial score (nSPS) is 13.3. The van der Waals surface area contributed by atoms with Crippen LogP contribution >= 0.6 is 11.6 Å². The highest BCUT2D eigenvalue weighted by Crippen LogP contribution is 2.35. The fourth-order valence-corrected chi connectivity index (χ4v) is 1.51. The lowest BCUT2D eigenvalue weighted by Gasteiger charge is -2.17. The van der Waals surface area contributed by atoms with E-state index >= 15 is 0 Å². The molecule has 0 aliphatic rings. The first-order chi connectivity index (χ1) is 9.74. The van der Waals surface area contributed by atoms with Crippen molar-refractivity contribution in [2.24, 2.45) is 0 Å². The number of rotatable bonds is 7. The largest absolute Gasteiger partial charge is 0.485 e. The van der Waals surface area contributed by atoms with Crippen LogP contribution in [0.25, 0.3) is 0 Å². The molecular formula is C12H13ClF5NO2. The van der Waals surface area contributed by atoms with E-state index in [1.807, 2.05) is 0 Å². The predicted molar refractivity (Wildman–Crippen MR) is 68.2 cm³/mol. The van der Waals surface area contributed by atoms with E-state index in [-0.39, 0.29) is 23.9 Å². The lowest BCUT2D eigenvalue weighted by Crippen LogP contribution is -2.21. The highest BCUT2D eigenvalue weighted by molar-refractivity contribution is 6.18. The van der Waals surface area contributed by atoms with E-state index in [2.05, 4.69) is 5.32 Å². The molecule has 0 bridgehead atoms. The molecule has 0 radical (unpaired) electrons. The summed E-state index contributed by atoms with van der Waals surface area (Å²) in [6.07, 6.45) is -8.33. The average molecular weight is 334 g/mol. The molecule has 0 aromatic heterocycles. The number of hydrogen-bond donors (Lipinski definition) is 2. The van der Waals surface area contributed by atoms with E-state index in [0.29, 0.717) is 0 Å². The van der Waals surface area contributed by atoms with E-state index in [0.717, 1.165) is 18.2 Å². The van der Waals surface area contributed by atoms with Gasteiger partial charge in [-0.3, -0.25) is 0 Å². The van der Waals surface area contributed by atoms with Crippen LogP contribution in [-0.2, 0) is 6.18 Å². The van der Waals surface area contributed by atoms with E-state index in [9.17, 15) is 27.1 Å². The second kappa shape index (κ2) is 7.65. The van der Waals surface area contributed by atoms with Gasteiger partial charge in [0.25, 0.3) is 6.43 Å². The zero-order chi connectivity index (χ0) is 16.0. The quantitative estimate of drug-likeness (QED) is 0.594. The monoisotopic (exact) mass is 333 g/mol. The molecule has 21 heavy (non-hydrogen) atoms. The lowest BCUT2D eigenvalue weighted by atomic mass is 10.1. The van der Waals surface area contributed by atoms with Crippen molar-refractivity contribution in [3.8, 4) is 5.75 Å². The Morgan fingerprint density at radius 1 is 1.29 bits per heavy atom. The van der Waals surface area contributed by atoms with Gasteiger partial charge >= 0.3 is 6.18 Å². The molecule has 0 amide bonds. The van der Waals surface area contributed by atoms with Crippen molar-refractivity contribution in [3.05, 3.63) is 23.8 Å². The Kier molecular flexibility index (Phi) is 6.47. The summed E-state index contributed by atoms with van der Waals surface area (Å²) >= 11 is 5.36. The van der Waals surface area contributed by atoms with Gasteiger partial charge in [0, 0.05) is 6.54 Å². The number of benzene rings is 1. The molecule has 120 valence electrons. The summed E-state index contributed by atoms with van der Waals surface area (Å²) in [5.41, 5.74) is -1.11. The van der Waals surface area contributed by atoms with Gasteiger partial charge in [-0.15, -0.1) is 11.6 Å². The molecule has 0 aliphatic carbocycles. The lowest BCUT2D eigenvalue weighted by molar-refractivity contribution is -0.137. The Hall–Kier alpha value is -1.28. The molecule has 0 spiro atoms. The Morgan fingerprint density at radius 3 is 2.48 bits per heavy atom. The minimum atomic E-state index is -4.58. The number of aliphatic hydroxyl groups excluding tert-OH is 1. The van der Waals surface area contributed by atoms with Gasteiger partial charge in [-0.2, -0.15) is 13.2 Å². The molecule has 0 saturated heterocycles. The maximum Gasteiger partial charge on any atom is 0.416 e. The van der Waals surface area contributed by atoms with E-state index in [4.69, 9.17) is 16.3 Å².